The minimum absolute atomic E-state index is 0.506. The van der Waals surface area contributed by atoms with Gasteiger partial charge in [0.1, 0.15) is 0 Å². The number of nitrogens with one attached hydrogen (secondary N) is 1. The predicted octanol–water partition coefficient (Wildman–Crippen LogP) is 4.49. The van der Waals surface area contributed by atoms with Crippen molar-refractivity contribution < 1.29 is 4.39 Å². The van der Waals surface area contributed by atoms with E-state index in [1.165, 1.54) is 12.3 Å². The molecule has 0 saturated carbocycles. The summed E-state index contributed by atoms with van der Waals surface area (Å²) in [5.74, 6) is -0.506. The Hall–Kier alpha value is -0.940. The van der Waals surface area contributed by atoms with Gasteiger partial charge < -0.3 is 5.32 Å². The third kappa shape index (κ3) is 2.59. The average Bonchev–Trinajstić information content (AvgIpc) is 2.24. The number of nitrogens with zero attached hydrogens (tertiary/aromatic N) is 1. The van der Waals surface area contributed by atoms with E-state index in [2.05, 4.69) is 42.2 Å². The molecule has 0 bridgehead atoms. The molecule has 1 N–H and O–H groups in total. The molecular formula is C11H7Br2FN2. The van der Waals surface area contributed by atoms with Crippen molar-refractivity contribution >= 4 is 43.2 Å². The maximum absolute atomic E-state index is 12.9. The van der Waals surface area contributed by atoms with Crippen molar-refractivity contribution in [1.29, 1.82) is 0 Å². The molecule has 0 aliphatic heterocycles. The monoisotopic (exact) mass is 344 g/mol. The molecule has 0 radical (unpaired) electrons. The third-order valence-corrected chi connectivity index (χ3v) is 3.28. The van der Waals surface area contributed by atoms with E-state index in [-0.39, 0.29) is 0 Å². The highest BCUT2D eigenvalue weighted by molar-refractivity contribution is 9.11. The Kier molecular flexibility index (Phi) is 3.56. The maximum atomic E-state index is 12.9. The Morgan fingerprint density at radius 1 is 1.12 bits per heavy atom. The van der Waals surface area contributed by atoms with Crippen LogP contribution in [0, 0.1) is 5.95 Å². The molecule has 2 aromatic rings. The van der Waals surface area contributed by atoms with Gasteiger partial charge in [-0.15, -0.1) is 0 Å². The molecule has 0 saturated heterocycles. The van der Waals surface area contributed by atoms with Crippen molar-refractivity contribution in [2.45, 2.75) is 0 Å². The Morgan fingerprint density at radius 2 is 1.81 bits per heavy atom. The maximum Gasteiger partial charge on any atom is 0.214 e. The van der Waals surface area contributed by atoms with Gasteiger partial charge in [0.25, 0.3) is 0 Å². The largest absolute Gasteiger partial charge is 0.354 e. The van der Waals surface area contributed by atoms with Crippen molar-refractivity contribution in [1.82, 2.24) is 4.98 Å². The summed E-state index contributed by atoms with van der Waals surface area (Å²) in [4.78, 5) is 3.50. The molecule has 0 fully saturated rings. The van der Waals surface area contributed by atoms with Gasteiger partial charge in [0.05, 0.1) is 5.69 Å². The topological polar surface area (TPSA) is 24.9 Å². The summed E-state index contributed by atoms with van der Waals surface area (Å²) < 4.78 is 14.7. The fraction of sp³-hybridized carbons (Fsp3) is 0. The van der Waals surface area contributed by atoms with Gasteiger partial charge >= 0.3 is 0 Å². The van der Waals surface area contributed by atoms with Gasteiger partial charge in [-0.25, -0.2) is 4.98 Å². The molecule has 1 aromatic heterocycles. The normalized spacial score (nSPS) is 10.2. The van der Waals surface area contributed by atoms with Crippen molar-refractivity contribution in [2.24, 2.45) is 0 Å². The standard InChI is InChI=1S/C11H7Br2FN2/c12-8-2-1-3-9(13)11(8)16-7-4-5-15-10(14)6-7/h1-6H,(H,15,16). The highest BCUT2D eigenvalue weighted by atomic mass is 79.9. The summed E-state index contributed by atoms with van der Waals surface area (Å²) >= 11 is 6.84. The van der Waals surface area contributed by atoms with Crippen LogP contribution in [0.1, 0.15) is 0 Å². The van der Waals surface area contributed by atoms with Crippen LogP contribution >= 0.6 is 31.9 Å². The van der Waals surface area contributed by atoms with Crippen LogP contribution in [0.4, 0.5) is 15.8 Å². The number of anilines is 2. The minimum atomic E-state index is -0.506. The number of para-hydroxylation sites is 1. The second-order valence-corrected chi connectivity index (χ2v) is 4.80. The first kappa shape index (κ1) is 11.5. The molecule has 2 rings (SSSR count). The Bertz CT molecular complexity index is 497. The number of hydrogen-bond donors (Lipinski definition) is 1. The number of pyridine rings is 1. The van der Waals surface area contributed by atoms with E-state index >= 15 is 0 Å². The Labute approximate surface area is 109 Å². The van der Waals surface area contributed by atoms with E-state index in [0.29, 0.717) is 5.69 Å². The van der Waals surface area contributed by atoms with E-state index in [1.807, 2.05) is 18.2 Å². The molecule has 0 amide bonds. The number of benzene rings is 1. The molecule has 0 aliphatic rings. The number of hydrogen-bond acceptors (Lipinski definition) is 2. The summed E-state index contributed by atoms with van der Waals surface area (Å²) in [7, 11) is 0. The third-order valence-electron chi connectivity index (χ3n) is 1.96. The van der Waals surface area contributed by atoms with Gasteiger partial charge in [0.2, 0.25) is 5.95 Å². The average molecular weight is 346 g/mol. The summed E-state index contributed by atoms with van der Waals surface area (Å²) in [6.45, 7) is 0. The molecule has 5 heteroatoms. The van der Waals surface area contributed by atoms with Crippen molar-refractivity contribution in [3.8, 4) is 0 Å². The highest BCUT2D eigenvalue weighted by Gasteiger charge is 2.05. The van der Waals surface area contributed by atoms with E-state index < -0.39 is 5.95 Å². The Balaban J connectivity index is 2.34. The molecule has 0 atom stereocenters. The van der Waals surface area contributed by atoms with Crippen LogP contribution in [0.15, 0.2) is 45.5 Å². The van der Waals surface area contributed by atoms with E-state index in [1.54, 1.807) is 6.07 Å². The number of aromatic nitrogens is 1. The van der Waals surface area contributed by atoms with Gasteiger partial charge in [0, 0.05) is 26.9 Å². The zero-order valence-corrected chi connectivity index (χ0v) is 11.2. The molecule has 0 spiro atoms. The Morgan fingerprint density at radius 3 is 2.44 bits per heavy atom. The van der Waals surface area contributed by atoms with Gasteiger partial charge in [0.15, 0.2) is 0 Å². The first-order valence-corrected chi connectivity index (χ1v) is 6.08. The fourth-order valence-corrected chi connectivity index (χ4v) is 2.44. The highest BCUT2D eigenvalue weighted by Crippen LogP contribution is 2.32. The first-order chi connectivity index (χ1) is 7.66. The summed E-state index contributed by atoms with van der Waals surface area (Å²) in [6, 6.07) is 8.77. The van der Waals surface area contributed by atoms with Crippen LogP contribution in [-0.2, 0) is 0 Å². The van der Waals surface area contributed by atoms with Gasteiger partial charge in [-0.3, -0.25) is 0 Å². The van der Waals surface area contributed by atoms with Gasteiger partial charge in [-0.1, -0.05) is 6.07 Å². The lowest BCUT2D eigenvalue weighted by atomic mass is 10.3. The minimum Gasteiger partial charge on any atom is -0.354 e. The van der Waals surface area contributed by atoms with Crippen molar-refractivity contribution in [2.75, 3.05) is 5.32 Å². The van der Waals surface area contributed by atoms with Crippen LogP contribution in [0.5, 0.6) is 0 Å². The quantitative estimate of drug-likeness (QED) is 0.811. The second-order valence-electron chi connectivity index (χ2n) is 3.09. The lowest BCUT2D eigenvalue weighted by Crippen LogP contribution is -1.94. The van der Waals surface area contributed by atoms with E-state index in [9.17, 15) is 4.39 Å². The van der Waals surface area contributed by atoms with E-state index in [4.69, 9.17) is 0 Å². The smallest absolute Gasteiger partial charge is 0.214 e. The lowest BCUT2D eigenvalue weighted by molar-refractivity contribution is 0.584. The molecular weight excluding hydrogens is 339 g/mol. The molecule has 1 heterocycles. The summed E-state index contributed by atoms with van der Waals surface area (Å²) in [5, 5.41) is 3.11. The molecule has 2 nitrogen and oxygen atoms in total. The predicted molar refractivity (Wildman–Crippen MR) is 69.3 cm³/mol. The van der Waals surface area contributed by atoms with Crippen LogP contribution in [0.3, 0.4) is 0 Å². The molecule has 82 valence electrons. The zero-order chi connectivity index (χ0) is 11.5. The number of halogens is 3. The molecule has 1 aromatic carbocycles. The number of rotatable bonds is 2. The SMILES string of the molecule is Fc1cc(Nc2c(Br)cccc2Br)ccn1. The van der Waals surface area contributed by atoms with Crippen LogP contribution in [-0.4, -0.2) is 4.98 Å². The van der Waals surface area contributed by atoms with Crippen molar-refractivity contribution in [3.63, 3.8) is 0 Å². The fourth-order valence-electron chi connectivity index (χ4n) is 1.24. The summed E-state index contributed by atoms with van der Waals surface area (Å²) in [6.07, 6.45) is 1.42. The zero-order valence-electron chi connectivity index (χ0n) is 8.05. The lowest BCUT2D eigenvalue weighted by Gasteiger charge is -2.10. The second kappa shape index (κ2) is 4.93. The van der Waals surface area contributed by atoms with Gasteiger partial charge in [-0.05, 0) is 50.1 Å². The van der Waals surface area contributed by atoms with Crippen molar-refractivity contribution in [3.05, 3.63) is 51.4 Å². The molecule has 16 heavy (non-hydrogen) atoms. The van der Waals surface area contributed by atoms with Gasteiger partial charge in [-0.2, -0.15) is 4.39 Å². The molecule has 0 aliphatic carbocycles. The molecule has 0 unspecified atom stereocenters. The van der Waals surface area contributed by atoms with Crippen LogP contribution in [0.2, 0.25) is 0 Å². The van der Waals surface area contributed by atoms with E-state index in [0.717, 1.165) is 14.6 Å². The first-order valence-electron chi connectivity index (χ1n) is 4.49. The van der Waals surface area contributed by atoms with Crippen LogP contribution < -0.4 is 5.32 Å². The van der Waals surface area contributed by atoms with Crippen LogP contribution in [0.25, 0.3) is 0 Å². The summed E-state index contributed by atoms with van der Waals surface area (Å²) in [5.41, 5.74) is 1.51.